The minimum atomic E-state index is -1.24. The second-order valence-electron chi connectivity index (χ2n) is 19.8. The number of phenols is 1. The van der Waals surface area contributed by atoms with Crippen molar-refractivity contribution in [2.45, 2.75) is 151 Å². The minimum Gasteiger partial charge on any atom is -0.504 e. The molecule has 2 aromatic carbocycles. The van der Waals surface area contributed by atoms with Crippen molar-refractivity contribution in [2.24, 2.45) is 34.8 Å². The fourth-order valence-corrected chi connectivity index (χ4v) is 12.2. The molecular formula is C53H69N3O7. The van der Waals surface area contributed by atoms with Gasteiger partial charge in [0, 0.05) is 49.2 Å². The Morgan fingerprint density at radius 1 is 0.984 bits per heavy atom. The van der Waals surface area contributed by atoms with Gasteiger partial charge in [0.15, 0.2) is 17.3 Å². The van der Waals surface area contributed by atoms with Gasteiger partial charge < -0.3 is 41.5 Å². The maximum Gasteiger partial charge on any atom is 0.160 e. The van der Waals surface area contributed by atoms with E-state index >= 15 is 0 Å². The second-order valence-corrected chi connectivity index (χ2v) is 19.8. The molecular weight excluding hydrogens is 791 g/mol. The van der Waals surface area contributed by atoms with Gasteiger partial charge in [-0.25, -0.2) is 0 Å². The lowest BCUT2D eigenvalue weighted by Gasteiger charge is -2.54. The van der Waals surface area contributed by atoms with E-state index in [4.69, 9.17) is 10.5 Å². The van der Waals surface area contributed by atoms with Gasteiger partial charge >= 0.3 is 0 Å². The molecule has 8 rings (SSSR count). The zero-order valence-corrected chi connectivity index (χ0v) is 37.1. The number of phenolic OH excluding ortho intramolecular Hbond substituents is 1. The van der Waals surface area contributed by atoms with Gasteiger partial charge in [-0.15, -0.1) is 0 Å². The number of rotatable bonds is 12. The van der Waals surface area contributed by atoms with E-state index in [1.165, 1.54) is 45.6 Å². The van der Waals surface area contributed by atoms with Crippen molar-refractivity contribution < 1.29 is 34.8 Å². The molecule has 6 aliphatic rings. The summed E-state index contributed by atoms with van der Waals surface area (Å²) >= 11 is 0. The number of hydrogen-bond acceptors (Lipinski definition) is 10. The molecule has 4 fully saturated rings. The zero-order valence-electron chi connectivity index (χ0n) is 37.1. The van der Waals surface area contributed by atoms with Gasteiger partial charge in [0.05, 0.1) is 31.2 Å². The maximum absolute atomic E-state index is 14.4. The van der Waals surface area contributed by atoms with Crippen LogP contribution in [0.1, 0.15) is 132 Å². The first-order valence-electron chi connectivity index (χ1n) is 23.9. The number of fused-ring (bicyclic) bond motifs is 2. The van der Waals surface area contributed by atoms with Crippen molar-refractivity contribution in [1.29, 1.82) is 0 Å². The molecule has 10 unspecified atom stereocenters. The number of nitrogens with two attached hydrogens (primary N) is 1. The first kappa shape index (κ1) is 45.2. The summed E-state index contributed by atoms with van der Waals surface area (Å²) in [4.78, 5) is 26.9. The largest absolute Gasteiger partial charge is 0.504 e. The van der Waals surface area contributed by atoms with E-state index < -0.39 is 29.6 Å². The van der Waals surface area contributed by atoms with Crippen LogP contribution in [-0.4, -0.2) is 75.5 Å². The molecule has 0 bridgehead atoms. The van der Waals surface area contributed by atoms with Gasteiger partial charge in [-0.2, -0.15) is 0 Å². The van der Waals surface area contributed by atoms with Gasteiger partial charge in [0.25, 0.3) is 0 Å². The number of ketones is 2. The van der Waals surface area contributed by atoms with Crippen LogP contribution >= 0.6 is 0 Å². The zero-order chi connectivity index (χ0) is 44.1. The first-order chi connectivity index (χ1) is 30.4. The molecule has 2 aliphatic heterocycles. The molecule has 2 spiro atoms. The van der Waals surface area contributed by atoms with Crippen molar-refractivity contribution in [1.82, 2.24) is 10.6 Å². The fourth-order valence-electron chi connectivity index (χ4n) is 12.2. The van der Waals surface area contributed by atoms with Crippen LogP contribution in [0, 0.1) is 40.9 Å². The third-order valence-corrected chi connectivity index (χ3v) is 15.9. The monoisotopic (exact) mass is 860 g/mol. The van der Waals surface area contributed by atoms with Crippen LogP contribution in [0.25, 0.3) is 6.08 Å². The average Bonchev–Trinajstić information content (AvgIpc) is 3.33. The molecule has 10 nitrogen and oxygen atoms in total. The van der Waals surface area contributed by atoms with Crippen LogP contribution in [0.4, 0.5) is 0 Å². The van der Waals surface area contributed by atoms with Crippen molar-refractivity contribution in [3.05, 3.63) is 88.8 Å². The van der Waals surface area contributed by atoms with Gasteiger partial charge in [0.1, 0.15) is 11.2 Å². The number of benzene rings is 2. The van der Waals surface area contributed by atoms with Crippen molar-refractivity contribution in [2.75, 3.05) is 13.7 Å². The van der Waals surface area contributed by atoms with E-state index in [9.17, 15) is 30.0 Å². The number of piperidine rings is 1. The number of aliphatic hydroxyl groups is 3. The Hall–Kier alpha value is -4.40. The van der Waals surface area contributed by atoms with E-state index in [2.05, 4.69) is 22.5 Å². The fraction of sp³-hybridized carbons (Fsp3) is 0.585. The number of nitrogens with one attached hydrogen (secondary N) is 2. The topological polar surface area (TPSA) is 174 Å². The molecule has 10 atom stereocenters. The Morgan fingerprint density at radius 3 is 2.56 bits per heavy atom. The highest BCUT2D eigenvalue weighted by Gasteiger charge is 2.50. The van der Waals surface area contributed by atoms with Crippen molar-refractivity contribution in [3.63, 3.8) is 0 Å². The summed E-state index contributed by atoms with van der Waals surface area (Å²) in [6.45, 7) is 0.560. The summed E-state index contributed by atoms with van der Waals surface area (Å²) in [6.07, 6.45) is 18.9. The van der Waals surface area contributed by atoms with Gasteiger partial charge in [-0.1, -0.05) is 86.1 Å². The van der Waals surface area contributed by atoms with Crippen LogP contribution in [0.5, 0.6) is 11.5 Å². The summed E-state index contributed by atoms with van der Waals surface area (Å²) < 4.78 is 5.48. The molecule has 0 amide bonds. The Balaban J connectivity index is 1.00. The van der Waals surface area contributed by atoms with Crippen LogP contribution in [0.15, 0.2) is 72.1 Å². The summed E-state index contributed by atoms with van der Waals surface area (Å²) in [5.41, 5.74) is 8.44. The highest BCUT2D eigenvalue weighted by Crippen LogP contribution is 2.49. The summed E-state index contributed by atoms with van der Waals surface area (Å²) in [5, 5.41) is 53.9. The molecule has 10 heteroatoms. The minimum absolute atomic E-state index is 0.0524. The highest BCUT2D eigenvalue weighted by molar-refractivity contribution is 5.89. The first-order valence-corrected chi connectivity index (χ1v) is 23.9. The van der Waals surface area contributed by atoms with Crippen LogP contribution in [0.3, 0.4) is 0 Å². The predicted molar refractivity (Wildman–Crippen MR) is 245 cm³/mol. The Kier molecular flexibility index (Phi) is 14.2. The van der Waals surface area contributed by atoms with Gasteiger partial charge in [-0.3, -0.25) is 9.59 Å². The number of hydrogen-bond donors (Lipinski definition) is 7. The number of ether oxygens (including phenoxy) is 1. The molecule has 63 heavy (non-hydrogen) atoms. The predicted octanol–water partition coefficient (Wildman–Crippen LogP) is 7.14. The molecule has 0 radical (unpaired) electrons. The van der Waals surface area contributed by atoms with E-state index in [1.807, 2.05) is 54.6 Å². The Labute approximate surface area is 373 Å². The van der Waals surface area contributed by atoms with Gasteiger partial charge in [0.2, 0.25) is 0 Å². The van der Waals surface area contributed by atoms with Crippen LogP contribution in [0.2, 0.25) is 0 Å². The number of aryl methyl sites for hydroxylation is 1. The number of dihydropyridines is 1. The highest BCUT2D eigenvalue weighted by atomic mass is 16.5. The third-order valence-electron chi connectivity index (χ3n) is 15.9. The van der Waals surface area contributed by atoms with E-state index in [1.54, 1.807) is 12.1 Å². The summed E-state index contributed by atoms with van der Waals surface area (Å²) in [6, 6.07) is 13.6. The van der Waals surface area contributed by atoms with Crippen LogP contribution in [-0.2, 0) is 16.0 Å². The number of methoxy groups -OCH3 is 1. The number of aliphatic hydroxyl groups excluding tert-OH is 3. The second kappa shape index (κ2) is 19.8. The van der Waals surface area contributed by atoms with Crippen molar-refractivity contribution >= 4 is 17.6 Å². The summed E-state index contributed by atoms with van der Waals surface area (Å²) in [5.74, 6) is 8.29. The lowest BCUT2D eigenvalue weighted by atomic mass is 9.60. The molecule has 1 saturated heterocycles. The van der Waals surface area contributed by atoms with Crippen molar-refractivity contribution in [3.8, 4) is 23.3 Å². The molecule has 0 aromatic heterocycles. The Morgan fingerprint density at radius 2 is 1.79 bits per heavy atom. The van der Waals surface area contributed by atoms with E-state index in [0.717, 1.165) is 42.4 Å². The molecule has 4 aliphatic carbocycles. The van der Waals surface area contributed by atoms with Gasteiger partial charge in [-0.05, 0) is 129 Å². The molecule has 2 aromatic rings. The average molecular weight is 860 g/mol. The molecule has 338 valence electrons. The maximum atomic E-state index is 14.4. The number of Topliss-reactive ketones (excluding diaryl/α,β-unsaturated/α-hetero) is 2. The molecule has 8 N–H and O–H groups in total. The smallest absolute Gasteiger partial charge is 0.160 e. The number of carbonyl (C=O) groups is 2. The SMILES string of the molecule is COc1cc2c(cc1O)C(CC(O)C(O)CC(C=Cc1ccccc1)C1=CCNC(N)=C1)C#CC1(CCC(CCC3CC4CCC(=O)CC4NC34CCCCC4)CC1O)C(=O)CC2. The third kappa shape index (κ3) is 10.1. The quantitative estimate of drug-likeness (QED) is 0.109. The number of carbonyl (C=O) groups excluding carboxylic acids is 2. The number of aromatic hydroxyl groups is 1. The molecule has 2 heterocycles. The van der Waals surface area contributed by atoms with E-state index in [0.29, 0.717) is 73.7 Å². The Bertz CT molecular complexity index is 2110. The molecule has 3 saturated carbocycles. The van der Waals surface area contributed by atoms with E-state index in [-0.39, 0.29) is 53.9 Å². The summed E-state index contributed by atoms with van der Waals surface area (Å²) in [7, 11) is 1.49. The normalized spacial score (nSPS) is 30.9. The lowest BCUT2D eigenvalue weighted by molar-refractivity contribution is -0.134. The standard InChI is InChI=1S/C53H69N3O7/c1-63-48-30-38-14-17-49(61)52(23-18-35(26-50(52)62)11-15-41-27-40-13-16-42(57)32-44(40)56-53(41)21-6-3-7-22-53)24-19-39(43(38)33-47(48)60)29-46(59)45(58)28-36(37-20-25-55-51(54)31-37)12-10-34-8-4-2-5-9-34/h2,4-5,8-10,12,20,30-31,33,35-36,39-41,44-46,50,55-56,58-60,62H,3,6-7,11,13-18,21-23,25-29,32,54H2,1H3. The van der Waals surface area contributed by atoms with Crippen LogP contribution < -0.4 is 21.1 Å². The lowest BCUT2D eigenvalue weighted by Crippen LogP contribution is -2.63. The number of allylic oxidation sites excluding steroid dienone is 3.